The summed E-state index contributed by atoms with van der Waals surface area (Å²) in [5.74, 6) is 8.62. The van der Waals surface area contributed by atoms with Gasteiger partial charge in [-0.15, -0.1) is 0 Å². The predicted octanol–water partition coefficient (Wildman–Crippen LogP) is 11.7. The minimum Gasteiger partial charge on any atom is -0.238 e. The minimum atomic E-state index is 0.395. The third-order valence-corrected chi connectivity index (χ3v) is 14.1. The molecule has 4 nitrogen and oxygen atoms in total. The molecule has 1 aromatic heterocycles. The van der Waals surface area contributed by atoms with E-state index in [1.54, 1.807) is 5.56 Å². The summed E-state index contributed by atoms with van der Waals surface area (Å²) in [6.45, 7) is 7.50. The fraction of sp³-hybridized carbons (Fsp3) is 0.292. The van der Waals surface area contributed by atoms with Crippen LogP contribution in [0.3, 0.4) is 0 Å². The Bertz CT molecular complexity index is 2280. The van der Waals surface area contributed by atoms with Crippen LogP contribution in [0.1, 0.15) is 44.1 Å². The molecule has 7 fully saturated rings. The Balaban J connectivity index is 1.04. The highest BCUT2D eigenvalue weighted by Gasteiger charge is 2.70. The molecule has 7 saturated carbocycles. The lowest BCUT2D eigenvalue weighted by Crippen LogP contribution is -2.69. The first-order valence-electron chi connectivity index (χ1n) is 19.2. The van der Waals surface area contributed by atoms with E-state index in [0.29, 0.717) is 28.6 Å². The highest BCUT2D eigenvalue weighted by molar-refractivity contribution is 5.81. The van der Waals surface area contributed by atoms with Crippen molar-refractivity contribution in [2.24, 2.45) is 41.4 Å². The SMILES string of the molecule is [C-]#[N+]c1ccc(-c2cc(-c3ccc(C45CC6CC7C8CC(CC74)CC5C8C6)cc3)cc(-c3nc(-c4ccccc4)nc(-c4ccccc4)n3)c2)cc1. The van der Waals surface area contributed by atoms with E-state index in [2.05, 4.69) is 71.6 Å². The maximum absolute atomic E-state index is 7.50. The van der Waals surface area contributed by atoms with Crippen molar-refractivity contribution in [3.8, 4) is 56.4 Å². The van der Waals surface area contributed by atoms with Crippen molar-refractivity contribution in [1.82, 2.24) is 15.0 Å². The third kappa shape index (κ3) is 4.61. The van der Waals surface area contributed by atoms with E-state index in [0.717, 1.165) is 74.8 Å². The number of hydrogen-bond acceptors (Lipinski definition) is 3. The Labute approximate surface area is 305 Å². The molecule has 7 aliphatic rings. The fourth-order valence-corrected chi connectivity index (χ4v) is 12.2. The van der Waals surface area contributed by atoms with Crippen molar-refractivity contribution in [2.45, 2.75) is 43.9 Å². The highest BCUT2D eigenvalue weighted by Crippen LogP contribution is 2.76. The Morgan fingerprint density at radius 3 is 1.48 bits per heavy atom. The first-order chi connectivity index (χ1) is 25.6. The third-order valence-electron chi connectivity index (χ3n) is 14.1. The molecule has 4 heteroatoms. The lowest BCUT2D eigenvalue weighted by atomic mass is 9.30. The van der Waals surface area contributed by atoms with Gasteiger partial charge in [0.05, 0.1) is 6.57 Å². The number of hydrogen-bond donors (Lipinski definition) is 0. The van der Waals surface area contributed by atoms with Crippen LogP contribution in [0.15, 0.2) is 127 Å². The lowest BCUT2D eigenvalue weighted by Gasteiger charge is -2.74. The van der Waals surface area contributed by atoms with Gasteiger partial charge in [0.2, 0.25) is 0 Å². The van der Waals surface area contributed by atoms with Crippen molar-refractivity contribution in [3.05, 3.63) is 144 Å². The maximum Gasteiger partial charge on any atom is 0.187 e. The standard InChI is InChI=1S/C48H40N4/c1-49-39-18-14-32(15-19-39)36-25-35(26-37(27-36)47-51-45(33-8-4-2-5-9-33)50-46(52-47)34-10-6-3-7-11-34)31-12-16-38(17-13-31)48-28-30-21-41-40-20-29(23-43(41)48)24-44(48)42(40)22-30/h2-19,25-27,29-30,40-44H,20-24,28H2. The summed E-state index contributed by atoms with van der Waals surface area (Å²) in [5, 5.41) is 0. The van der Waals surface area contributed by atoms with Crippen LogP contribution in [0.4, 0.5) is 5.69 Å². The van der Waals surface area contributed by atoms with E-state index in [-0.39, 0.29) is 0 Å². The van der Waals surface area contributed by atoms with E-state index in [4.69, 9.17) is 21.5 Å². The van der Waals surface area contributed by atoms with Crippen molar-refractivity contribution in [3.63, 3.8) is 0 Å². The van der Waals surface area contributed by atoms with Crippen LogP contribution >= 0.6 is 0 Å². The van der Waals surface area contributed by atoms with Gasteiger partial charge in [-0.25, -0.2) is 19.8 Å². The normalized spacial score (nSPS) is 28.9. The summed E-state index contributed by atoms with van der Waals surface area (Å²) >= 11 is 0. The second-order valence-corrected chi connectivity index (χ2v) is 16.4. The molecule has 13 rings (SSSR count). The second-order valence-electron chi connectivity index (χ2n) is 16.4. The summed E-state index contributed by atoms with van der Waals surface area (Å²) in [7, 11) is 0. The Morgan fingerprint density at radius 1 is 0.462 bits per heavy atom. The Morgan fingerprint density at radius 2 is 0.942 bits per heavy atom. The van der Waals surface area contributed by atoms with Crippen LogP contribution in [0.25, 0.3) is 61.3 Å². The van der Waals surface area contributed by atoms with E-state index < -0.39 is 0 Å². The second kappa shape index (κ2) is 11.6. The van der Waals surface area contributed by atoms with E-state index in [1.807, 2.05) is 60.7 Å². The molecule has 0 N–H and O–H groups in total. The summed E-state index contributed by atoms with van der Waals surface area (Å²) in [6.07, 6.45) is 8.90. The van der Waals surface area contributed by atoms with Crippen LogP contribution in [0.5, 0.6) is 0 Å². The molecule has 0 spiro atoms. The molecular weight excluding hydrogens is 633 g/mol. The summed E-state index contributed by atoms with van der Waals surface area (Å²) in [5.41, 5.74) is 10.00. The van der Waals surface area contributed by atoms with Crippen LogP contribution in [-0.2, 0) is 5.41 Å². The molecule has 0 aliphatic heterocycles. The van der Waals surface area contributed by atoms with Gasteiger partial charge in [-0.2, -0.15) is 0 Å². The van der Waals surface area contributed by atoms with Crippen LogP contribution in [0, 0.1) is 48.0 Å². The van der Waals surface area contributed by atoms with E-state index >= 15 is 0 Å². The molecule has 252 valence electrons. The van der Waals surface area contributed by atoms with Gasteiger partial charge < -0.3 is 0 Å². The number of rotatable bonds is 6. The van der Waals surface area contributed by atoms with Crippen LogP contribution in [0.2, 0.25) is 0 Å². The van der Waals surface area contributed by atoms with Crippen molar-refractivity contribution in [2.75, 3.05) is 0 Å². The molecule has 4 atom stereocenters. The molecule has 4 unspecified atom stereocenters. The molecular formula is C48H40N4. The fourth-order valence-electron chi connectivity index (χ4n) is 12.2. The zero-order valence-corrected chi connectivity index (χ0v) is 29.2. The van der Waals surface area contributed by atoms with Gasteiger partial charge in [0.15, 0.2) is 23.2 Å². The van der Waals surface area contributed by atoms with Gasteiger partial charge in [-0.1, -0.05) is 109 Å². The van der Waals surface area contributed by atoms with Crippen molar-refractivity contribution in [1.29, 1.82) is 0 Å². The largest absolute Gasteiger partial charge is 0.238 e. The van der Waals surface area contributed by atoms with E-state index in [1.165, 1.54) is 44.1 Å². The molecule has 0 saturated heterocycles. The predicted molar refractivity (Wildman–Crippen MR) is 207 cm³/mol. The number of aromatic nitrogens is 3. The maximum atomic E-state index is 7.50. The Hall–Kier alpha value is -5.40. The minimum absolute atomic E-state index is 0.395. The summed E-state index contributed by atoms with van der Waals surface area (Å²) in [4.78, 5) is 18.8. The number of nitrogens with zero attached hydrogens (tertiary/aromatic N) is 4. The van der Waals surface area contributed by atoms with Gasteiger partial charge in [-0.05, 0) is 126 Å². The molecule has 0 radical (unpaired) electrons. The molecule has 0 amide bonds. The van der Waals surface area contributed by atoms with Gasteiger partial charge in [0.1, 0.15) is 0 Å². The number of benzene rings is 5. The van der Waals surface area contributed by atoms with E-state index in [9.17, 15) is 0 Å². The molecule has 5 aromatic carbocycles. The smallest absolute Gasteiger partial charge is 0.187 e. The summed E-state index contributed by atoms with van der Waals surface area (Å²) < 4.78 is 0. The monoisotopic (exact) mass is 672 g/mol. The van der Waals surface area contributed by atoms with Gasteiger partial charge >= 0.3 is 0 Å². The zero-order chi connectivity index (χ0) is 34.4. The van der Waals surface area contributed by atoms with Crippen LogP contribution < -0.4 is 0 Å². The van der Waals surface area contributed by atoms with Crippen molar-refractivity contribution < 1.29 is 0 Å². The average molecular weight is 673 g/mol. The van der Waals surface area contributed by atoms with Crippen LogP contribution in [-0.4, -0.2) is 15.0 Å². The molecule has 6 aromatic rings. The molecule has 7 aliphatic carbocycles. The first kappa shape index (κ1) is 30.2. The van der Waals surface area contributed by atoms with Gasteiger partial charge in [0, 0.05) is 22.1 Å². The molecule has 8 bridgehead atoms. The quantitative estimate of drug-likeness (QED) is 0.165. The highest BCUT2D eigenvalue weighted by atomic mass is 15.0. The van der Waals surface area contributed by atoms with Gasteiger partial charge in [0.25, 0.3) is 0 Å². The first-order valence-corrected chi connectivity index (χ1v) is 19.2. The lowest BCUT2D eigenvalue weighted by molar-refractivity contribution is -0.220. The molecule has 1 heterocycles. The zero-order valence-electron chi connectivity index (χ0n) is 29.2. The molecule has 52 heavy (non-hydrogen) atoms. The van der Waals surface area contributed by atoms with Crippen molar-refractivity contribution >= 4 is 5.69 Å². The summed E-state index contributed by atoms with van der Waals surface area (Å²) in [6, 6.07) is 44.8. The Kier molecular flexibility index (Phi) is 6.72. The van der Waals surface area contributed by atoms with Gasteiger partial charge in [-0.3, -0.25) is 0 Å². The topological polar surface area (TPSA) is 43.0 Å². The average Bonchev–Trinajstić information content (AvgIpc) is 3.23.